The minimum Gasteiger partial charge on any atom is -1.00 e. The molecule has 0 N–H and O–H groups in total. The van der Waals surface area contributed by atoms with Gasteiger partial charge in [0.15, 0.2) is 0 Å². The van der Waals surface area contributed by atoms with E-state index < -0.39 is 0 Å². The minimum atomic E-state index is 0. The molecule has 128 valence electrons. The molecule has 0 fully saturated rings. The normalized spacial score (nSPS) is 0. The zero-order valence-corrected chi connectivity index (χ0v) is 43.9. The summed E-state index contributed by atoms with van der Waals surface area (Å²) in [6.45, 7) is 0. The second kappa shape index (κ2) is 163. The van der Waals surface area contributed by atoms with Gasteiger partial charge in [0.1, 0.15) is 0 Å². The molecule has 3 atom stereocenters. The van der Waals surface area contributed by atoms with Crippen molar-refractivity contribution in [2.45, 2.75) is 7.43 Å². The summed E-state index contributed by atoms with van der Waals surface area (Å²) in [6.07, 6.45) is 0. The molecule has 0 amide bonds. The summed E-state index contributed by atoms with van der Waals surface area (Å²) in [4.78, 5) is 0. The predicted octanol–water partition coefficient (Wildman–Crippen LogP) is -6.91. The Morgan fingerprint density at radius 3 is 0.474 bits per heavy atom. The van der Waals surface area contributed by atoms with E-state index in [4.69, 9.17) is 0 Å². The average molecular weight is 1060 g/mol. The van der Waals surface area contributed by atoms with Crippen molar-refractivity contribution in [1.82, 2.24) is 0 Å². The van der Waals surface area contributed by atoms with Gasteiger partial charge < -0.3 is 5.71 Å². The molecular weight excluding hydrogens is 1020 g/mol. The first-order valence-corrected chi connectivity index (χ1v) is 0. The molecule has 0 saturated carbocycles. The van der Waals surface area contributed by atoms with E-state index in [0.29, 0.717) is 0 Å². The predicted molar refractivity (Wildman–Crippen MR) is 157 cm³/mol. The van der Waals surface area contributed by atoms with Crippen LogP contribution in [-0.4, -0.2) is 0 Å². The molecular formula is CH36FI4K4P3S4V2. The van der Waals surface area contributed by atoms with Crippen molar-refractivity contribution in [3.05, 3.63) is 0 Å². The zero-order valence-electron chi connectivity index (χ0n) is 15.1. The van der Waals surface area contributed by atoms with Crippen molar-refractivity contribution in [3.8, 4) is 0 Å². The van der Waals surface area contributed by atoms with Crippen LogP contribution in [0, 0.1) is 0 Å². The smallest absolute Gasteiger partial charge is 1.00 e. The first-order valence-electron chi connectivity index (χ1n) is 0. The maximum Gasteiger partial charge on any atom is 1.00 e. The molecule has 0 saturated heterocycles. The van der Waals surface area contributed by atoms with E-state index in [2.05, 4.69) is 0 Å². The maximum atomic E-state index is 0. The Kier molecular flexibility index (Phi) is 1540. The van der Waals surface area contributed by atoms with Gasteiger partial charge in [-0.3, -0.25) is 4.70 Å². The van der Waals surface area contributed by atoms with E-state index in [9.17, 15) is 0 Å². The van der Waals surface area contributed by atoms with Crippen molar-refractivity contribution in [2.24, 2.45) is 0 Å². The Bertz CT molecular complexity index is 71.8. The van der Waals surface area contributed by atoms with Crippen LogP contribution in [0.4, 0.5) is 4.70 Å². The third kappa shape index (κ3) is 152. The average Bonchev–Trinajstić information content (AvgIpc) is 0. The summed E-state index contributed by atoms with van der Waals surface area (Å²) in [6, 6.07) is 0. The van der Waals surface area contributed by atoms with E-state index >= 15 is 0 Å². The van der Waals surface area contributed by atoms with Gasteiger partial charge in [-0.25, -0.2) is 0 Å². The third-order valence-electron chi connectivity index (χ3n) is 0. The van der Waals surface area contributed by atoms with Crippen LogP contribution in [0.25, 0.3) is 0 Å². The van der Waals surface area contributed by atoms with Gasteiger partial charge in [0, 0.05) is 41.4 Å². The molecule has 0 rings (SSSR count). The summed E-state index contributed by atoms with van der Waals surface area (Å²) in [5, 5.41) is 0. The number of hydrogen-bond donors (Lipinski definition) is 0. The van der Waals surface area contributed by atoms with Gasteiger partial charge in [0.25, 0.3) is 0 Å². The second-order valence-corrected chi connectivity index (χ2v) is 0. The molecule has 0 heterocycles. The summed E-state index contributed by atoms with van der Waals surface area (Å²) < 4.78 is 0. The second-order valence-electron chi connectivity index (χ2n) is 0. The largest absolute Gasteiger partial charge is 1.00 e. The van der Waals surface area contributed by atoms with Crippen LogP contribution in [0.1, 0.15) is 17.4 Å². The van der Waals surface area contributed by atoms with E-state index in [-0.39, 0.29) is 444 Å². The zero-order chi connectivity index (χ0) is 0. The van der Waals surface area contributed by atoms with Crippen molar-refractivity contribution >= 4 is 180 Å². The minimum absolute atomic E-state index is 0. The first-order chi connectivity index (χ1) is 0. The molecule has 3 unspecified atom stereocenters. The Morgan fingerprint density at radius 1 is 0.474 bits per heavy atom. The van der Waals surface area contributed by atoms with Crippen molar-refractivity contribution in [1.29, 1.82) is 0 Å². The van der Waals surface area contributed by atoms with Gasteiger partial charge in [-0.05, 0) is 0 Å². The Hall–Kier alpha value is 13.3. The van der Waals surface area contributed by atoms with Crippen LogP contribution in [0.5, 0.6) is 0 Å². The number of halogens is 5. The molecule has 2 radical (unpaired) electrons. The maximum absolute atomic E-state index is 0. The van der Waals surface area contributed by atoms with Crippen molar-refractivity contribution in [2.75, 3.05) is 0 Å². The Morgan fingerprint density at radius 2 is 0.474 bits per heavy atom. The van der Waals surface area contributed by atoms with Crippen LogP contribution in [-0.2, 0) is 37.1 Å². The fraction of sp³-hybridized carbons (Fsp3) is 1.00. The fourth-order valence-electron chi connectivity index (χ4n) is 0. The molecule has 0 nitrogen and oxygen atoms in total. The molecule has 0 aliphatic heterocycles. The molecule has 19 heavy (non-hydrogen) atoms. The fourth-order valence-corrected chi connectivity index (χ4v) is 0. The van der Waals surface area contributed by atoms with Gasteiger partial charge in [0.05, 0.1) is 0 Å². The van der Waals surface area contributed by atoms with Crippen molar-refractivity contribution in [3.63, 3.8) is 0 Å². The van der Waals surface area contributed by atoms with E-state index in [0.717, 1.165) is 0 Å². The van der Waals surface area contributed by atoms with Gasteiger partial charge in [-0.1, -0.05) is 7.43 Å². The summed E-state index contributed by atoms with van der Waals surface area (Å²) >= 11 is 0. The van der Waals surface area contributed by atoms with E-state index in [1.807, 2.05) is 0 Å². The van der Waals surface area contributed by atoms with E-state index in [1.54, 1.807) is 0 Å². The van der Waals surface area contributed by atoms with Crippen LogP contribution < -0.4 is 206 Å². The standard InChI is InChI=1S/CH4.FH.4HI.4K.3H3P.4H2S.2V.3H2.4H/h1H4;5*1H;;;;;3*1H3;4*1H2;;;3*1H;;;;/q;;;;;;4*+1;;;;;;;;;;;;;4*-1/i;;;;;;;;;;;;;;;;;;;3*1+2;;;;. The van der Waals surface area contributed by atoms with Gasteiger partial charge in [0.2, 0.25) is 0 Å². The SMILES string of the molecule is C.F.I.I.I.I.P.P.P.S.S.S.S.[3HH].[3HH].[3HH].[H-].[H-].[H-].[H-].[K+].[K+].[K+].[K+].[V].[V]. The monoisotopic (exact) mass is 1060 g/mol. The number of rotatable bonds is 0. The molecule has 0 spiro atoms. The van der Waals surface area contributed by atoms with Crippen LogP contribution in [0.15, 0.2) is 0 Å². The van der Waals surface area contributed by atoms with Gasteiger partial charge >= 0.3 is 206 Å². The summed E-state index contributed by atoms with van der Waals surface area (Å²) in [7, 11) is 0. The molecule has 0 aromatic rings. The van der Waals surface area contributed by atoms with E-state index in [1.165, 1.54) is 0 Å². The Labute approximate surface area is 430 Å². The summed E-state index contributed by atoms with van der Waals surface area (Å²) in [5.74, 6) is 0. The molecule has 0 aliphatic rings. The molecule has 0 aromatic carbocycles. The van der Waals surface area contributed by atoms with Crippen molar-refractivity contribution < 1.29 is 257 Å². The molecule has 0 aliphatic carbocycles. The molecule has 0 aromatic heterocycles. The first kappa shape index (κ1) is 179. The third-order valence-corrected chi connectivity index (χ3v) is 0. The molecule has 18 heteroatoms. The topological polar surface area (TPSA) is 0 Å². The van der Waals surface area contributed by atoms with Gasteiger partial charge in [-0.2, -0.15) is 83.7 Å². The summed E-state index contributed by atoms with van der Waals surface area (Å²) in [5.41, 5.74) is 0. The van der Waals surface area contributed by atoms with Crippen LogP contribution in [0.2, 0.25) is 0 Å². The molecule has 0 bridgehead atoms. The quantitative estimate of drug-likeness (QED) is 0.129. The van der Waals surface area contributed by atoms with Crippen LogP contribution in [0.3, 0.4) is 0 Å². The van der Waals surface area contributed by atoms with Crippen LogP contribution >= 0.6 is 180 Å². The Balaban J connectivity index is 0. The van der Waals surface area contributed by atoms with Gasteiger partial charge in [-0.15, -0.1) is 95.9 Å². The number of hydrogen-bond acceptors (Lipinski definition) is 0.